The Balaban J connectivity index is 1.78. The van der Waals surface area contributed by atoms with Crippen LogP contribution in [0.25, 0.3) is 16.7 Å². The number of carbonyl (C=O) groups is 2. The molecule has 4 aromatic rings. The summed E-state index contributed by atoms with van der Waals surface area (Å²) in [5.41, 5.74) is 4.63. The largest absolute Gasteiger partial charge is 0.507 e. The van der Waals surface area contributed by atoms with Crippen molar-refractivity contribution in [1.29, 1.82) is 0 Å². The monoisotopic (exact) mass is 423 g/mol. The maximum atomic E-state index is 13.3. The highest BCUT2D eigenvalue weighted by Gasteiger charge is 2.47. The minimum atomic E-state index is -0.771. The molecule has 2 aromatic heterocycles. The van der Waals surface area contributed by atoms with E-state index in [-0.39, 0.29) is 11.3 Å². The van der Waals surface area contributed by atoms with Gasteiger partial charge in [0.1, 0.15) is 5.76 Å². The van der Waals surface area contributed by atoms with Crippen LogP contribution >= 0.6 is 0 Å². The molecule has 1 saturated heterocycles. The second-order valence-corrected chi connectivity index (χ2v) is 7.92. The van der Waals surface area contributed by atoms with E-state index in [1.165, 1.54) is 4.90 Å². The van der Waals surface area contributed by atoms with Crippen LogP contribution < -0.4 is 4.90 Å². The van der Waals surface area contributed by atoms with Crippen LogP contribution in [-0.4, -0.2) is 26.8 Å². The van der Waals surface area contributed by atoms with Crippen molar-refractivity contribution in [2.45, 2.75) is 19.9 Å². The van der Waals surface area contributed by atoms with Gasteiger partial charge < -0.3 is 10.1 Å². The minimum absolute atomic E-state index is 0.0619. The van der Waals surface area contributed by atoms with Crippen molar-refractivity contribution in [2.24, 2.45) is 0 Å². The van der Waals surface area contributed by atoms with Gasteiger partial charge in [0.2, 0.25) is 0 Å². The third kappa shape index (κ3) is 2.92. The number of aliphatic hydroxyl groups excluding tert-OH is 1. The quantitative estimate of drug-likeness (QED) is 0.281. The standard InChI is InChI=1S/C26H21N3O3/c1-15-6-5-9-21(16(15)2)29-23(17-10-12-27-13-11-17)22(25(31)26(29)32)24(30)19-14-28-20-8-4-3-7-18(19)20/h3-14,23,28,30H,1-2H3/b24-22-. The van der Waals surface area contributed by atoms with Crippen LogP contribution in [0.15, 0.2) is 78.8 Å². The molecule has 0 radical (unpaired) electrons. The number of aromatic nitrogens is 2. The fourth-order valence-corrected chi connectivity index (χ4v) is 4.35. The van der Waals surface area contributed by atoms with Crippen molar-refractivity contribution in [1.82, 2.24) is 9.97 Å². The molecule has 1 fully saturated rings. The van der Waals surface area contributed by atoms with Crippen LogP contribution in [0.2, 0.25) is 0 Å². The highest BCUT2D eigenvalue weighted by atomic mass is 16.3. The molecule has 2 aromatic carbocycles. The number of hydrogen-bond acceptors (Lipinski definition) is 4. The lowest BCUT2D eigenvalue weighted by atomic mass is 9.95. The van der Waals surface area contributed by atoms with Gasteiger partial charge in [0.15, 0.2) is 0 Å². The number of hydrogen-bond donors (Lipinski definition) is 2. The summed E-state index contributed by atoms with van der Waals surface area (Å²) in [6, 6.07) is 15.9. The summed E-state index contributed by atoms with van der Waals surface area (Å²) < 4.78 is 0. The van der Waals surface area contributed by atoms with E-state index >= 15 is 0 Å². The molecule has 0 bridgehead atoms. The zero-order valence-electron chi connectivity index (χ0n) is 17.7. The fraction of sp³-hybridized carbons (Fsp3) is 0.115. The van der Waals surface area contributed by atoms with Gasteiger partial charge in [0.25, 0.3) is 11.7 Å². The summed E-state index contributed by atoms with van der Waals surface area (Å²) in [7, 11) is 0. The Labute approximate surface area is 184 Å². The molecular weight excluding hydrogens is 402 g/mol. The Hall–Kier alpha value is -4.19. The van der Waals surface area contributed by atoms with Gasteiger partial charge in [-0.2, -0.15) is 0 Å². The predicted octanol–water partition coefficient (Wildman–Crippen LogP) is 4.81. The maximum Gasteiger partial charge on any atom is 0.300 e. The van der Waals surface area contributed by atoms with E-state index in [2.05, 4.69) is 9.97 Å². The van der Waals surface area contributed by atoms with Crippen molar-refractivity contribution in [3.8, 4) is 0 Å². The van der Waals surface area contributed by atoms with Crippen molar-refractivity contribution >= 4 is 34.0 Å². The SMILES string of the molecule is Cc1cccc(N2C(=O)C(=O)/C(=C(\O)c3c[nH]c4ccccc34)C2c2ccncc2)c1C. The molecule has 32 heavy (non-hydrogen) atoms. The molecule has 6 heteroatoms. The number of aliphatic hydroxyl groups is 1. The number of pyridine rings is 1. The van der Waals surface area contributed by atoms with Crippen LogP contribution in [0.5, 0.6) is 0 Å². The number of aryl methyl sites for hydroxylation is 1. The summed E-state index contributed by atoms with van der Waals surface area (Å²) in [5.74, 6) is -1.58. The average Bonchev–Trinajstić information content (AvgIpc) is 3.35. The molecule has 0 aliphatic carbocycles. The molecule has 5 rings (SSSR count). The molecule has 2 N–H and O–H groups in total. The lowest BCUT2D eigenvalue weighted by Gasteiger charge is -2.27. The molecular formula is C26H21N3O3. The Morgan fingerprint density at radius 1 is 1.00 bits per heavy atom. The first-order valence-corrected chi connectivity index (χ1v) is 10.3. The summed E-state index contributed by atoms with van der Waals surface area (Å²) in [5, 5.41) is 12.1. The first-order chi connectivity index (χ1) is 15.5. The van der Waals surface area contributed by atoms with Gasteiger partial charge in [0.05, 0.1) is 11.6 Å². The van der Waals surface area contributed by atoms with Gasteiger partial charge in [-0.1, -0.05) is 30.3 Å². The van der Waals surface area contributed by atoms with E-state index in [9.17, 15) is 14.7 Å². The summed E-state index contributed by atoms with van der Waals surface area (Å²) in [4.78, 5) is 35.3. The van der Waals surface area contributed by atoms with E-state index in [1.807, 2.05) is 56.3 Å². The Bertz CT molecular complexity index is 1400. The number of para-hydroxylation sites is 1. The zero-order chi connectivity index (χ0) is 22.4. The topological polar surface area (TPSA) is 86.3 Å². The van der Waals surface area contributed by atoms with E-state index in [0.29, 0.717) is 16.8 Å². The lowest BCUT2D eigenvalue weighted by Crippen LogP contribution is -2.30. The van der Waals surface area contributed by atoms with Gasteiger partial charge in [-0.15, -0.1) is 0 Å². The number of Topliss-reactive ketones (excluding diaryl/α,β-unsaturated/α-hetero) is 1. The highest BCUT2D eigenvalue weighted by Crippen LogP contribution is 2.43. The van der Waals surface area contributed by atoms with E-state index in [0.717, 1.165) is 22.0 Å². The van der Waals surface area contributed by atoms with Gasteiger partial charge >= 0.3 is 0 Å². The van der Waals surface area contributed by atoms with Gasteiger partial charge in [-0.3, -0.25) is 19.5 Å². The molecule has 0 spiro atoms. The molecule has 0 saturated carbocycles. The number of carbonyl (C=O) groups excluding carboxylic acids is 2. The number of rotatable bonds is 3. The van der Waals surface area contributed by atoms with E-state index in [4.69, 9.17) is 0 Å². The molecule has 1 atom stereocenters. The molecule has 3 heterocycles. The van der Waals surface area contributed by atoms with Crippen molar-refractivity contribution in [3.05, 3.63) is 101 Å². The number of H-pyrrole nitrogens is 1. The third-order valence-corrected chi connectivity index (χ3v) is 6.15. The molecule has 158 valence electrons. The first kappa shape index (κ1) is 19.8. The Morgan fingerprint density at radius 2 is 1.75 bits per heavy atom. The second-order valence-electron chi connectivity index (χ2n) is 7.92. The molecule has 1 unspecified atom stereocenters. The normalized spacial score (nSPS) is 17.9. The van der Waals surface area contributed by atoms with Crippen LogP contribution in [0.4, 0.5) is 5.69 Å². The number of aromatic amines is 1. The van der Waals surface area contributed by atoms with Crippen LogP contribution in [0, 0.1) is 13.8 Å². The summed E-state index contributed by atoms with van der Waals surface area (Å²) >= 11 is 0. The second kappa shape index (κ2) is 7.50. The smallest absolute Gasteiger partial charge is 0.300 e. The lowest BCUT2D eigenvalue weighted by molar-refractivity contribution is -0.132. The summed E-state index contributed by atoms with van der Waals surface area (Å²) in [6.45, 7) is 3.88. The van der Waals surface area contributed by atoms with Gasteiger partial charge in [-0.05, 0) is 54.8 Å². The van der Waals surface area contributed by atoms with Crippen LogP contribution in [-0.2, 0) is 9.59 Å². The predicted molar refractivity (Wildman–Crippen MR) is 123 cm³/mol. The van der Waals surface area contributed by atoms with Crippen molar-refractivity contribution < 1.29 is 14.7 Å². The molecule has 1 aliphatic heterocycles. The van der Waals surface area contributed by atoms with E-state index in [1.54, 1.807) is 30.7 Å². The first-order valence-electron chi connectivity index (χ1n) is 10.3. The Kier molecular flexibility index (Phi) is 4.63. The maximum absolute atomic E-state index is 13.3. The number of ketones is 1. The highest BCUT2D eigenvalue weighted by molar-refractivity contribution is 6.52. The number of nitrogens with zero attached hydrogens (tertiary/aromatic N) is 2. The number of fused-ring (bicyclic) bond motifs is 1. The third-order valence-electron chi connectivity index (χ3n) is 6.15. The number of benzene rings is 2. The summed E-state index contributed by atoms with van der Waals surface area (Å²) in [6.07, 6.45) is 4.89. The minimum Gasteiger partial charge on any atom is -0.507 e. The van der Waals surface area contributed by atoms with E-state index < -0.39 is 17.7 Å². The van der Waals surface area contributed by atoms with Crippen molar-refractivity contribution in [2.75, 3.05) is 4.90 Å². The molecule has 6 nitrogen and oxygen atoms in total. The number of nitrogens with one attached hydrogen (secondary N) is 1. The van der Waals surface area contributed by atoms with Crippen LogP contribution in [0.1, 0.15) is 28.3 Å². The average molecular weight is 423 g/mol. The van der Waals surface area contributed by atoms with Gasteiger partial charge in [0, 0.05) is 40.7 Å². The van der Waals surface area contributed by atoms with Gasteiger partial charge in [-0.25, -0.2) is 0 Å². The van der Waals surface area contributed by atoms with Crippen molar-refractivity contribution in [3.63, 3.8) is 0 Å². The fourth-order valence-electron chi connectivity index (χ4n) is 4.35. The number of amides is 1. The Morgan fingerprint density at radius 3 is 2.53 bits per heavy atom. The molecule has 1 amide bonds. The zero-order valence-corrected chi connectivity index (χ0v) is 17.7. The molecule has 1 aliphatic rings. The number of anilines is 1. The van der Waals surface area contributed by atoms with Crippen LogP contribution in [0.3, 0.4) is 0 Å².